The normalized spacial score (nSPS) is 19.6. The Morgan fingerprint density at radius 1 is 1.24 bits per heavy atom. The van der Waals surface area contributed by atoms with Gasteiger partial charge in [-0.25, -0.2) is 0 Å². The van der Waals surface area contributed by atoms with Gasteiger partial charge in [0.1, 0.15) is 6.07 Å². The number of nitrogens with one attached hydrogen (secondary N) is 1. The highest BCUT2D eigenvalue weighted by Crippen LogP contribution is 2.48. The van der Waals surface area contributed by atoms with E-state index in [1.807, 2.05) is 30.3 Å². The lowest BCUT2D eigenvalue weighted by Crippen LogP contribution is -2.15. The summed E-state index contributed by atoms with van der Waals surface area (Å²) in [5.74, 6) is 0.191. The molecule has 2 aromatic rings. The summed E-state index contributed by atoms with van der Waals surface area (Å²) in [5, 5.41) is 12.4. The highest BCUT2D eigenvalue weighted by Gasteiger charge is 2.43. The first kappa shape index (κ1) is 13.7. The molecule has 0 heterocycles. The molecule has 104 valence electrons. The first-order valence-corrected chi connectivity index (χ1v) is 7.12. The average molecular weight is 297 g/mol. The quantitative estimate of drug-likeness (QED) is 0.932. The zero-order chi connectivity index (χ0) is 14.8. The van der Waals surface area contributed by atoms with Gasteiger partial charge in [0.25, 0.3) is 0 Å². The van der Waals surface area contributed by atoms with Crippen LogP contribution in [0.3, 0.4) is 0 Å². The van der Waals surface area contributed by atoms with Gasteiger partial charge < -0.3 is 5.32 Å². The van der Waals surface area contributed by atoms with E-state index in [1.165, 1.54) is 5.56 Å². The second-order valence-corrected chi connectivity index (χ2v) is 5.59. The fraction of sp³-hybridized carbons (Fsp3) is 0.176. The third kappa shape index (κ3) is 2.91. The van der Waals surface area contributed by atoms with Crippen LogP contribution in [0.4, 0.5) is 5.69 Å². The molecule has 21 heavy (non-hydrogen) atoms. The Hall–Kier alpha value is -2.31. The Kier molecular flexibility index (Phi) is 3.64. The van der Waals surface area contributed by atoms with Crippen molar-refractivity contribution >= 4 is 23.2 Å². The van der Waals surface area contributed by atoms with Crippen LogP contribution in [0.15, 0.2) is 48.5 Å². The Morgan fingerprint density at radius 3 is 2.71 bits per heavy atom. The van der Waals surface area contributed by atoms with Gasteiger partial charge in [-0.2, -0.15) is 5.26 Å². The second-order valence-electron chi connectivity index (χ2n) is 5.15. The van der Waals surface area contributed by atoms with Gasteiger partial charge in [-0.3, -0.25) is 4.79 Å². The molecule has 0 bridgehead atoms. The van der Waals surface area contributed by atoms with Crippen LogP contribution in [0, 0.1) is 17.2 Å². The van der Waals surface area contributed by atoms with Crippen molar-refractivity contribution in [1.29, 1.82) is 5.26 Å². The van der Waals surface area contributed by atoms with E-state index in [9.17, 15) is 4.79 Å². The average Bonchev–Trinajstić information content (AvgIpc) is 3.29. The van der Waals surface area contributed by atoms with E-state index in [0.29, 0.717) is 16.3 Å². The molecule has 1 saturated carbocycles. The number of anilines is 1. The van der Waals surface area contributed by atoms with Crippen molar-refractivity contribution in [3.05, 3.63) is 64.7 Å². The summed E-state index contributed by atoms with van der Waals surface area (Å²) in [5.41, 5.74) is 2.09. The maximum Gasteiger partial charge on any atom is 0.228 e. The van der Waals surface area contributed by atoms with E-state index in [2.05, 4.69) is 11.4 Å². The highest BCUT2D eigenvalue weighted by atomic mass is 35.5. The fourth-order valence-electron chi connectivity index (χ4n) is 2.50. The maximum absolute atomic E-state index is 12.3. The van der Waals surface area contributed by atoms with Crippen LogP contribution in [-0.4, -0.2) is 5.91 Å². The molecule has 4 heteroatoms. The van der Waals surface area contributed by atoms with Gasteiger partial charge in [0.05, 0.1) is 11.3 Å². The van der Waals surface area contributed by atoms with Gasteiger partial charge in [0.2, 0.25) is 5.91 Å². The smallest absolute Gasteiger partial charge is 0.228 e. The molecular weight excluding hydrogens is 284 g/mol. The lowest BCUT2D eigenvalue weighted by molar-refractivity contribution is -0.117. The molecule has 1 amide bonds. The van der Waals surface area contributed by atoms with Crippen molar-refractivity contribution in [2.24, 2.45) is 5.92 Å². The molecule has 0 aliphatic heterocycles. The molecule has 0 aromatic heterocycles. The standard InChI is InChI=1S/C17H13ClN2O/c18-13-7-6-12(10-19)16(8-13)20-17(21)15-9-14(15)11-4-2-1-3-5-11/h1-8,14-15H,9H2,(H,20,21). The number of nitriles is 1. The van der Waals surface area contributed by atoms with Crippen molar-refractivity contribution in [1.82, 2.24) is 0 Å². The Morgan fingerprint density at radius 2 is 2.00 bits per heavy atom. The summed E-state index contributed by atoms with van der Waals surface area (Å²) in [7, 11) is 0. The number of carbonyl (C=O) groups excluding carboxylic acids is 1. The van der Waals surface area contributed by atoms with E-state index in [1.54, 1.807) is 18.2 Å². The van der Waals surface area contributed by atoms with Gasteiger partial charge in [-0.15, -0.1) is 0 Å². The first-order chi connectivity index (χ1) is 10.2. The zero-order valence-electron chi connectivity index (χ0n) is 11.2. The minimum absolute atomic E-state index is 0.0297. The summed E-state index contributed by atoms with van der Waals surface area (Å²) >= 11 is 5.92. The largest absolute Gasteiger partial charge is 0.325 e. The van der Waals surface area contributed by atoms with Gasteiger partial charge in [-0.1, -0.05) is 41.9 Å². The molecule has 3 rings (SSSR count). The third-order valence-corrected chi connectivity index (χ3v) is 3.95. The van der Waals surface area contributed by atoms with Crippen LogP contribution >= 0.6 is 11.6 Å². The van der Waals surface area contributed by atoms with E-state index < -0.39 is 0 Å². The van der Waals surface area contributed by atoms with E-state index >= 15 is 0 Å². The number of benzene rings is 2. The predicted octanol–water partition coefficient (Wildman–Crippen LogP) is 3.95. The topological polar surface area (TPSA) is 52.9 Å². The molecule has 0 spiro atoms. The molecule has 1 aliphatic carbocycles. The molecule has 1 N–H and O–H groups in total. The SMILES string of the molecule is N#Cc1ccc(Cl)cc1NC(=O)C1CC1c1ccccc1. The van der Waals surface area contributed by atoms with Crippen molar-refractivity contribution in [3.63, 3.8) is 0 Å². The Balaban J connectivity index is 1.72. The van der Waals surface area contributed by atoms with Crippen molar-refractivity contribution < 1.29 is 4.79 Å². The van der Waals surface area contributed by atoms with E-state index in [-0.39, 0.29) is 17.7 Å². The molecule has 1 fully saturated rings. The zero-order valence-corrected chi connectivity index (χ0v) is 12.0. The molecular formula is C17H13ClN2O. The Labute approximate surface area is 128 Å². The highest BCUT2D eigenvalue weighted by molar-refractivity contribution is 6.31. The molecule has 3 nitrogen and oxygen atoms in total. The summed E-state index contributed by atoms with van der Waals surface area (Å²) in [6.45, 7) is 0. The molecule has 1 aliphatic rings. The van der Waals surface area contributed by atoms with Gasteiger partial charge in [-0.05, 0) is 36.1 Å². The maximum atomic E-state index is 12.3. The summed E-state index contributed by atoms with van der Waals surface area (Å²) in [6.07, 6.45) is 0.846. The van der Waals surface area contributed by atoms with Crippen molar-refractivity contribution in [3.8, 4) is 6.07 Å². The summed E-state index contributed by atoms with van der Waals surface area (Å²) < 4.78 is 0. The van der Waals surface area contributed by atoms with Crippen LogP contribution in [0.5, 0.6) is 0 Å². The van der Waals surface area contributed by atoms with Crippen LogP contribution in [0.2, 0.25) is 5.02 Å². The predicted molar refractivity (Wildman–Crippen MR) is 82.1 cm³/mol. The van der Waals surface area contributed by atoms with Gasteiger partial charge in [0, 0.05) is 10.9 Å². The van der Waals surface area contributed by atoms with Crippen LogP contribution in [0.25, 0.3) is 0 Å². The van der Waals surface area contributed by atoms with Crippen molar-refractivity contribution in [2.45, 2.75) is 12.3 Å². The number of hydrogen-bond acceptors (Lipinski definition) is 2. The first-order valence-electron chi connectivity index (χ1n) is 6.74. The molecule has 2 aromatic carbocycles. The molecule has 2 unspecified atom stereocenters. The number of nitrogens with zero attached hydrogens (tertiary/aromatic N) is 1. The monoisotopic (exact) mass is 296 g/mol. The fourth-order valence-corrected chi connectivity index (χ4v) is 2.67. The molecule has 2 atom stereocenters. The lowest BCUT2D eigenvalue weighted by atomic mass is 10.1. The second kappa shape index (κ2) is 5.59. The number of amides is 1. The minimum Gasteiger partial charge on any atom is -0.325 e. The minimum atomic E-state index is -0.0531. The van der Waals surface area contributed by atoms with Crippen LogP contribution in [-0.2, 0) is 4.79 Å². The lowest BCUT2D eigenvalue weighted by Gasteiger charge is -2.07. The number of rotatable bonds is 3. The van der Waals surface area contributed by atoms with Crippen LogP contribution < -0.4 is 5.32 Å². The molecule has 0 radical (unpaired) electrons. The van der Waals surface area contributed by atoms with E-state index in [4.69, 9.17) is 16.9 Å². The summed E-state index contributed by atoms with van der Waals surface area (Å²) in [6, 6.07) is 16.9. The number of halogens is 1. The third-order valence-electron chi connectivity index (χ3n) is 3.71. The number of carbonyl (C=O) groups is 1. The van der Waals surface area contributed by atoms with Gasteiger partial charge >= 0.3 is 0 Å². The summed E-state index contributed by atoms with van der Waals surface area (Å²) in [4.78, 5) is 12.3. The molecule has 0 saturated heterocycles. The Bertz CT molecular complexity index is 721. The van der Waals surface area contributed by atoms with Crippen LogP contribution in [0.1, 0.15) is 23.5 Å². The number of hydrogen-bond donors (Lipinski definition) is 1. The van der Waals surface area contributed by atoms with Crippen molar-refractivity contribution in [2.75, 3.05) is 5.32 Å². The van der Waals surface area contributed by atoms with Gasteiger partial charge in [0.15, 0.2) is 0 Å². The van der Waals surface area contributed by atoms with E-state index in [0.717, 1.165) is 6.42 Å².